The monoisotopic (exact) mass is 432 g/mol. The van der Waals surface area contributed by atoms with Crippen LogP contribution in [0, 0.1) is 20.8 Å². The van der Waals surface area contributed by atoms with E-state index in [4.69, 9.17) is 4.74 Å². The first-order valence-electron chi connectivity index (χ1n) is 9.99. The highest BCUT2D eigenvalue weighted by Gasteiger charge is 2.14. The van der Waals surface area contributed by atoms with Crippen molar-refractivity contribution in [2.45, 2.75) is 20.8 Å². The van der Waals surface area contributed by atoms with Gasteiger partial charge < -0.3 is 20.5 Å². The molecule has 0 atom stereocenters. The van der Waals surface area contributed by atoms with Gasteiger partial charge in [0.1, 0.15) is 5.75 Å². The summed E-state index contributed by atoms with van der Waals surface area (Å²) in [5.41, 5.74) is 4.03. The fourth-order valence-electron chi connectivity index (χ4n) is 3.06. The quantitative estimate of drug-likeness (QED) is 0.507. The van der Waals surface area contributed by atoms with Crippen LogP contribution < -0.4 is 15.4 Å². The van der Waals surface area contributed by atoms with E-state index in [1.165, 1.54) is 12.1 Å². The van der Waals surface area contributed by atoms with E-state index in [2.05, 4.69) is 10.6 Å². The van der Waals surface area contributed by atoms with E-state index >= 15 is 0 Å². The maximum Gasteiger partial charge on any atom is 0.337 e. The van der Waals surface area contributed by atoms with Crippen molar-refractivity contribution in [1.29, 1.82) is 0 Å². The van der Waals surface area contributed by atoms with Crippen molar-refractivity contribution in [3.8, 4) is 5.75 Å². The number of benzene rings is 3. The van der Waals surface area contributed by atoms with Crippen molar-refractivity contribution >= 4 is 29.2 Å². The predicted octanol–water partition coefficient (Wildman–Crippen LogP) is 4.58. The van der Waals surface area contributed by atoms with E-state index in [1.54, 1.807) is 37.3 Å². The zero-order chi connectivity index (χ0) is 23.3. The molecule has 3 aromatic carbocycles. The smallest absolute Gasteiger partial charge is 0.337 e. The van der Waals surface area contributed by atoms with Gasteiger partial charge in [0.25, 0.3) is 11.8 Å². The standard InChI is InChI=1S/C25H24N2O5/c1-15-8-10-19(13-16(15)2)32-14-23(28)26-21-11-9-18(12-17(21)3)24(29)27-22-7-5-4-6-20(22)25(30)31/h4-13H,14H2,1-3H3,(H,26,28)(H,27,29)(H,30,31). The van der Waals surface area contributed by atoms with Crippen LogP contribution in [0.2, 0.25) is 0 Å². The summed E-state index contributed by atoms with van der Waals surface area (Å²) in [5.74, 6) is -1.27. The molecule has 3 rings (SSSR count). The molecule has 0 aliphatic rings. The first-order chi connectivity index (χ1) is 15.2. The van der Waals surface area contributed by atoms with Gasteiger partial charge in [-0.1, -0.05) is 18.2 Å². The molecule has 32 heavy (non-hydrogen) atoms. The minimum absolute atomic E-state index is 0.00484. The number of anilines is 2. The van der Waals surface area contributed by atoms with Gasteiger partial charge in [0.05, 0.1) is 11.3 Å². The number of aromatic carboxylic acids is 1. The molecule has 0 unspecified atom stereocenters. The van der Waals surface area contributed by atoms with Gasteiger partial charge in [-0.05, 0) is 79.9 Å². The maximum atomic E-state index is 12.6. The summed E-state index contributed by atoms with van der Waals surface area (Å²) in [5, 5.41) is 14.6. The van der Waals surface area contributed by atoms with Gasteiger partial charge in [-0.25, -0.2) is 4.79 Å². The Labute approximate surface area is 186 Å². The molecule has 7 nitrogen and oxygen atoms in total. The second-order valence-corrected chi connectivity index (χ2v) is 7.42. The Morgan fingerprint density at radius 3 is 2.25 bits per heavy atom. The molecule has 2 amide bonds. The molecule has 0 radical (unpaired) electrons. The van der Waals surface area contributed by atoms with Crippen LogP contribution in [0.1, 0.15) is 37.4 Å². The van der Waals surface area contributed by atoms with E-state index in [0.29, 0.717) is 22.6 Å². The second-order valence-electron chi connectivity index (χ2n) is 7.42. The van der Waals surface area contributed by atoms with E-state index in [9.17, 15) is 19.5 Å². The molecule has 7 heteroatoms. The minimum Gasteiger partial charge on any atom is -0.484 e. The van der Waals surface area contributed by atoms with Crippen LogP contribution in [-0.2, 0) is 4.79 Å². The van der Waals surface area contributed by atoms with Gasteiger partial charge >= 0.3 is 5.97 Å². The second kappa shape index (κ2) is 9.78. The first kappa shape index (κ1) is 22.6. The minimum atomic E-state index is -1.13. The van der Waals surface area contributed by atoms with E-state index in [0.717, 1.165) is 11.1 Å². The Kier molecular flexibility index (Phi) is 6.90. The average molecular weight is 432 g/mol. The lowest BCUT2D eigenvalue weighted by molar-refractivity contribution is -0.118. The summed E-state index contributed by atoms with van der Waals surface area (Å²) in [6.45, 7) is 5.60. The van der Waals surface area contributed by atoms with Crippen LogP contribution in [0.5, 0.6) is 5.75 Å². The zero-order valence-electron chi connectivity index (χ0n) is 18.1. The fourth-order valence-corrected chi connectivity index (χ4v) is 3.06. The molecule has 0 fully saturated rings. The number of rotatable bonds is 7. The van der Waals surface area contributed by atoms with E-state index in [-0.39, 0.29) is 23.8 Å². The largest absolute Gasteiger partial charge is 0.484 e. The van der Waals surface area contributed by atoms with Crippen LogP contribution in [0.15, 0.2) is 60.7 Å². The number of amides is 2. The molecule has 0 bridgehead atoms. The number of carbonyl (C=O) groups is 3. The summed E-state index contributed by atoms with van der Waals surface area (Å²) in [4.78, 5) is 36.2. The number of aryl methyl sites for hydroxylation is 3. The molecule has 0 spiro atoms. The highest BCUT2D eigenvalue weighted by Crippen LogP contribution is 2.20. The number of carbonyl (C=O) groups excluding carboxylic acids is 2. The van der Waals surface area contributed by atoms with Crippen molar-refractivity contribution in [3.05, 3.63) is 88.5 Å². The lowest BCUT2D eigenvalue weighted by atomic mass is 10.1. The SMILES string of the molecule is Cc1ccc(OCC(=O)Nc2ccc(C(=O)Nc3ccccc3C(=O)O)cc2C)cc1C. The van der Waals surface area contributed by atoms with Crippen molar-refractivity contribution in [1.82, 2.24) is 0 Å². The summed E-state index contributed by atoms with van der Waals surface area (Å²) in [6, 6.07) is 16.6. The molecule has 0 aliphatic heterocycles. The topological polar surface area (TPSA) is 105 Å². The van der Waals surface area contributed by atoms with Crippen LogP contribution in [0.3, 0.4) is 0 Å². The van der Waals surface area contributed by atoms with Gasteiger partial charge in [0.2, 0.25) is 0 Å². The number of carboxylic acid groups (broad SMARTS) is 1. The molecule has 0 saturated carbocycles. The Morgan fingerprint density at radius 1 is 0.812 bits per heavy atom. The summed E-state index contributed by atoms with van der Waals surface area (Å²) < 4.78 is 5.55. The third kappa shape index (κ3) is 5.51. The highest BCUT2D eigenvalue weighted by molar-refractivity contribution is 6.08. The van der Waals surface area contributed by atoms with Crippen molar-refractivity contribution in [2.24, 2.45) is 0 Å². The molecule has 0 aromatic heterocycles. The molecule has 3 N–H and O–H groups in total. The Morgan fingerprint density at radius 2 is 1.56 bits per heavy atom. The molecular formula is C25H24N2O5. The van der Waals surface area contributed by atoms with Gasteiger partial charge in [-0.15, -0.1) is 0 Å². The maximum absolute atomic E-state index is 12.6. The summed E-state index contributed by atoms with van der Waals surface area (Å²) in [7, 11) is 0. The molecular weight excluding hydrogens is 408 g/mol. The lowest BCUT2D eigenvalue weighted by Crippen LogP contribution is -2.21. The number of para-hydroxylation sites is 1. The van der Waals surface area contributed by atoms with Gasteiger partial charge in [0.15, 0.2) is 6.61 Å². The Hall–Kier alpha value is -4.13. The van der Waals surface area contributed by atoms with Crippen molar-refractivity contribution in [3.63, 3.8) is 0 Å². The van der Waals surface area contributed by atoms with Crippen LogP contribution in [0.25, 0.3) is 0 Å². The van der Waals surface area contributed by atoms with Gasteiger partial charge in [-0.2, -0.15) is 0 Å². The predicted molar refractivity (Wildman–Crippen MR) is 123 cm³/mol. The van der Waals surface area contributed by atoms with E-state index in [1.807, 2.05) is 32.0 Å². The molecule has 164 valence electrons. The van der Waals surface area contributed by atoms with E-state index < -0.39 is 11.9 Å². The van der Waals surface area contributed by atoms with Gasteiger partial charge in [0, 0.05) is 11.3 Å². The van der Waals surface area contributed by atoms with Crippen LogP contribution >= 0.6 is 0 Å². The van der Waals surface area contributed by atoms with Crippen LogP contribution in [-0.4, -0.2) is 29.5 Å². The summed E-state index contributed by atoms with van der Waals surface area (Å²) in [6.07, 6.45) is 0. The zero-order valence-corrected chi connectivity index (χ0v) is 18.1. The summed E-state index contributed by atoms with van der Waals surface area (Å²) >= 11 is 0. The van der Waals surface area contributed by atoms with Gasteiger partial charge in [-0.3, -0.25) is 9.59 Å². The molecule has 0 saturated heterocycles. The van der Waals surface area contributed by atoms with Crippen molar-refractivity contribution in [2.75, 3.05) is 17.2 Å². The molecule has 0 heterocycles. The van der Waals surface area contributed by atoms with Crippen LogP contribution in [0.4, 0.5) is 11.4 Å². The van der Waals surface area contributed by atoms with Crippen molar-refractivity contribution < 1.29 is 24.2 Å². The fraction of sp³-hybridized carbons (Fsp3) is 0.160. The first-order valence-corrected chi connectivity index (χ1v) is 9.99. The number of ether oxygens (including phenoxy) is 1. The molecule has 0 aliphatic carbocycles. The Balaban J connectivity index is 1.63. The number of nitrogens with one attached hydrogen (secondary N) is 2. The third-order valence-corrected chi connectivity index (χ3v) is 5.02. The normalized spacial score (nSPS) is 10.3. The Bertz CT molecular complexity index is 1190. The third-order valence-electron chi connectivity index (χ3n) is 5.02. The number of hydrogen-bond acceptors (Lipinski definition) is 4. The highest BCUT2D eigenvalue weighted by atomic mass is 16.5. The molecule has 3 aromatic rings. The lowest BCUT2D eigenvalue weighted by Gasteiger charge is -2.12. The number of carboxylic acids is 1. The average Bonchev–Trinajstić information content (AvgIpc) is 2.76. The number of hydrogen-bond donors (Lipinski definition) is 3.